The Hall–Kier alpha value is -7.23. The lowest BCUT2D eigenvalue weighted by molar-refractivity contribution is 0.620. The molecular formula is C51H34N2O. The molecule has 0 radical (unpaired) electrons. The number of anilines is 3. The molecule has 0 atom stereocenters. The molecule has 0 fully saturated rings. The van der Waals surface area contributed by atoms with Gasteiger partial charge in [-0.3, -0.25) is 0 Å². The predicted molar refractivity (Wildman–Crippen MR) is 225 cm³/mol. The molecule has 0 N–H and O–H groups in total. The molecule has 3 nitrogen and oxygen atoms in total. The lowest BCUT2D eigenvalue weighted by Gasteiger charge is -2.26. The van der Waals surface area contributed by atoms with Crippen LogP contribution in [0, 0.1) is 0 Å². The summed E-state index contributed by atoms with van der Waals surface area (Å²) in [5.41, 5.74) is 13.0. The van der Waals surface area contributed by atoms with E-state index >= 15 is 0 Å². The maximum Gasteiger partial charge on any atom is 0.227 e. The highest BCUT2D eigenvalue weighted by Gasteiger charge is 2.14. The molecular weight excluding hydrogens is 657 g/mol. The topological polar surface area (TPSA) is 29.3 Å². The zero-order chi connectivity index (χ0) is 35.8. The van der Waals surface area contributed by atoms with Gasteiger partial charge in [0.2, 0.25) is 5.89 Å². The van der Waals surface area contributed by atoms with Gasteiger partial charge in [0.15, 0.2) is 5.58 Å². The monoisotopic (exact) mass is 690 g/mol. The van der Waals surface area contributed by atoms with Crippen molar-refractivity contribution in [3.8, 4) is 44.8 Å². The molecule has 1 heterocycles. The van der Waals surface area contributed by atoms with Crippen LogP contribution in [-0.4, -0.2) is 4.98 Å². The van der Waals surface area contributed by atoms with E-state index in [1.54, 1.807) is 0 Å². The molecule has 10 aromatic rings. The summed E-state index contributed by atoms with van der Waals surface area (Å²) >= 11 is 0. The van der Waals surface area contributed by atoms with Gasteiger partial charge in [-0.15, -0.1) is 0 Å². The van der Waals surface area contributed by atoms with Crippen molar-refractivity contribution in [2.75, 3.05) is 4.90 Å². The molecule has 10 rings (SSSR count). The van der Waals surface area contributed by atoms with Crippen molar-refractivity contribution in [3.05, 3.63) is 206 Å². The number of hydrogen-bond acceptors (Lipinski definition) is 3. The number of aromatic nitrogens is 1. The highest BCUT2D eigenvalue weighted by atomic mass is 16.3. The summed E-state index contributed by atoms with van der Waals surface area (Å²) in [6.45, 7) is 0. The number of nitrogens with zero attached hydrogens (tertiary/aromatic N) is 2. The average Bonchev–Trinajstić information content (AvgIpc) is 3.69. The summed E-state index contributed by atoms with van der Waals surface area (Å²) in [4.78, 5) is 6.96. The van der Waals surface area contributed by atoms with Crippen LogP contribution in [-0.2, 0) is 0 Å². The Morgan fingerprint density at radius 2 is 0.741 bits per heavy atom. The van der Waals surface area contributed by atoms with Gasteiger partial charge < -0.3 is 9.32 Å². The zero-order valence-electron chi connectivity index (χ0n) is 29.4. The first kappa shape index (κ1) is 31.5. The summed E-state index contributed by atoms with van der Waals surface area (Å²) in [5.74, 6) is 0.634. The second-order valence-corrected chi connectivity index (χ2v) is 13.7. The third-order valence-electron chi connectivity index (χ3n) is 10.3. The largest absolute Gasteiger partial charge is 0.436 e. The number of hydrogen-bond donors (Lipinski definition) is 0. The van der Waals surface area contributed by atoms with Crippen molar-refractivity contribution in [1.82, 2.24) is 4.98 Å². The van der Waals surface area contributed by atoms with Gasteiger partial charge in [0.25, 0.3) is 0 Å². The molecule has 0 aliphatic rings. The third kappa shape index (κ3) is 5.98. The Morgan fingerprint density at radius 3 is 1.33 bits per heavy atom. The van der Waals surface area contributed by atoms with Crippen LogP contribution in [0.25, 0.3) is 77.5 Å². The molecule has 0 spiro atoms. The fourth-order valence-electron chi connectivity index (χ4n) is 7.41. The molecule has 0 saturated carbocycles. The maximum absolute atomic E-state index is 5.98. The Labute approximate surface area is 314 Å². The van der Waals surface area contributed by atoms with E-state index in [4.69, 9.17) is 4.42 Å². The number of fused-ring (bicyclic) bond motifs is 3. The summed E-state index contributed by atoms with van der Waals surface area (Å²) < 4.78 is 5.98. The lowest BCUT2D eigenvalue weighted by atomic mass is 9.97. The van der Waals surface area contributed by atoms with Crippen molar-refractivity contribution in [3.63, 3.8) is 0 Å². The first-order valence-corrected chi connectivity index (χ1v) is 18.3. The van der Waals surface area contributed by atoms with Gasteiger partial charge in [0.1, 0.15) is 5.52 Å². The van der Waals surface area contributed by atoms with Crippen molar-refractivity contribution in [1.29, 1.82) is 0 Å². The van der Waals surface area contributed by atoms with Crippen molar-refractivity contribution in [2.45, 2.75) is 0 Å². The van der Waals surface area contributed by atoms with Gasteiger partial charge in [-0.05, 0) is 134 Å². The smallest absolute Gasteiger partial charge is 0.227 e. The SMILES string of the molecule is c1ccc(N(c2ccc(-c3ccc(-c4ccc5cc6ccccc6cc5c4)cc3)cc2)c2ccc(-c3ccc(-c4nc5ccccc5o4)cc3)cc2)cc1. The molecule has 1 aromatic heterocycles. The van der Waals surface area contributed by atoms with E-state index in [-0.39, 0.29) is 0 Å². The maximum atomic E-state index is 5.98. The predicted octanol–water partition coefficient (Wildman–Crippen LogP) is 14.3. The van der Waals surface area contributed by atoms with E-state index in [0.717, 1.165) is 44.9 Å². The minimum Gasteiger partial charge on any atom is -0.436 e. The van der Waals surface area contributed by atoms with E-state index < -0.39 is 0 Å². The van der Waals surface area contributed by atoms with Gasteiger partial charge in [-0.1, -0.05) is 127 Å². The Bertz CT molecular complexity index is 2860. The molecule has 0 amide bonds. The second kappa shape index (κ2) is 13.4. The number of oxazole rings is 1. The molecule has 3 heteroatoms. The summed E-state index contributed by atoms with van der Waals surface area (Å²) in [7, 11) is 0. The molecule has 9 aromatic carbocycles. The van der Waals surface area contributed by atoms with Crippen molar-refractivity contribution >= 4 is 49.7 Å². The Kier molecular flexibility index (Phi) is 7.81. The summed E-state index contributed by atoms with van der Waals surface area (Å²) in [5, 5.41) is 5.06. The van der Waals surface area contributed by atoms with E-state index in [1.165, 1.54) is 43.8 Å². The van der Waals surface area contributed by atoms with E-state index in [1.807, 2.05) is 24.3 Å². The van der Waals surface area contributed by atoms with E-state index in [0.29, 0.717) is 5.89 Å². The Morgan fingerprint density at radius 1 is 0.315 bits per heavy atom. The van der Waals surface area contributed by atoms with Crippen LogP contribution in [0.4, 0.5) is 17.1 Å². The van der Waals surface area contributed by atoms with E-state index in [2.05, 4.69) is 192 Å². The second-order valence-electron chi connectivity index (χ2n) is 13.7. The van der Waals surface area contributed by atoms with Crippen LogP contribution in [0.15, 0.2) is 211 Å². The fraction of sp³-hybridized carbons (Fsp3) is 0. The standard InChI is InChI=1S/C51H34N2O/c1-2-10-46(11-3-1)53(48-30-26-38(27-31-48)36-18-20-40(21-19-36)51-52-49-12-6-7-13-50(49)54-51)47-28-24-37(25-29-47)35-14-16-39(17-15-35)43-22-23-44-32-41-8-4-5-9-42(41)33-45(44)34-43/h1-34H. The van der Waals surface area contributed by atoms with E-state index in [9.17, 15) is 0 Å². The minimum absolute atomic E-state index is 0.634. The number of rotatable bonds is 7. The molecule has 0 unspecified atom stereocenters. The zero-order valence-corrected chi connectivity index (χ0v) is 29.4. The Balaban J connectivity index is 0.896. The highest BCUT2D eigenvalue weighted by molar-refractivity contribution is 5.99. The summed E-state index contributed by atoms with van der Waals surface area (Å²) in [6.07, 6.45) is 0. The first-order valence-electron chi connectivity index (χ1n) is 18.3. The molecule has 0 aliphatic heterocycles. The number of benzene rings is 9. The normalized spacial score (nSPS) is 11.3. The first-order chi connectivity index (χ1) is 26.7. The molecule has 0 aliphatic carbocycles. The van der Waals surface area contributed by atoms with Crippen LogP contribution in [0.5, 0.6) is 0 Å². The third-order valence-corrected chi connectivity index (χ3v) is 10.3. The molecule has 0 bridgehead atoms. The summed E-state index contributed by atoms with van der Waals surface area (Å²) in [6, 6.07) is 73.2. The minimum atomic E-state index is 0.634. The van der Waals surface area contributed by atoms with Crippen LogP contribution in [0.3, 0.4) is 0 Å². The highest BCUT2D eigenvalue weighted by Crippen LogP contribution is 2.37. The van der Waals surface area contributed by atoms with Gasteiger partial charge in [-0.2, -0.15) is 0 Å². The van der Waals surface area contributed by atoms with Crippen molar-refractivity contribution in [2.24, 2.45) is 0 Å². The van der Waals surface area contributed by atoms with Crippen LogP contribution >= 0.6 is 0 Å². The van der Waals surface area contributed by atoms with Crippen LogP contribution in [0.2, 0.25) is 0 Å². The van der Waals surface area contributed by atoms with Crippen LogP contribution < -0.4 is 4.90 Å². The van der Waals surface area contributed by atoms with Gasteiger partial charge in [0, 0.05) is 22.6 Å². The average molecular weight is 691 g/mol. The van der Waals surface area contributed by atoms with Gasteiger partial charge in [0.05, 0.1) is 0 Å². The quantitative estimate of drug-likeness (QED) is 0.156. The molecule has 254 valence electrons. The molecule has 54 heavy (non-hydrogen) atoms. The van der Waals surface area contributed by atoms with Crippen molar-refractivity contribution < 1.29 is 4.42 Å². The van der Waals surface area contributed by atoms with Gasteiger partial charge >= 0.3 is 0 Å². The lowest BCUT2D eigenvalue weighted by Crippen LogP contribution is -2.09. The van der Waals surface area contributed by atoms with Gasteiger partial charge in [-0.25, -0.2) is 4.98 Å². The van der Waals surface area contributed by atoms with Crippen LogP contribution in [0.1, 0.15) is 0 Å². The molecule has 0 saturated heterocycles. The number of para-hydroxylation sites is 3. The fourth-order valence-corrected chi connectivity index (χ4v) is 7.41.